The Bertz CT molecular complexity index is 551. The van der Waals surface area contributed by atoms with Gasteiger partial charge in [-0.3, -0.25) is 4.79 Å². The van der Waals surface area contributed by atoms with Gasteiger partial charge in [-0.05, 0) is 38.3 Å². The van der Waals surface area contributed by atoms with Crippen LogP contribution in [0.2, 0.25) is 0 Å². The van der Waals surface area contributed by atoms with E-state index < -0.39 is 0 Å². The van der Waals surface area contributed by atoms with Gasteiger partial charge in [0.25, 0.3) is 5.91 Å². The van der Waals surface area contributed by atoms with E-state index in [1.54, 1.807) is 18.2 Å². The maximum Gasteiger partial charge on any atom is 0.260 e. The standard InChI is InChI=1S/C16H20N2O3/c1-12-5-3-4-8-18(12)16(19)11-21-14-7-6-13(10-17)9-15(14)20-2/h6-7,9,12H,3-5,8,11H2,1-2H3. The summed E-state index contributed by atoms with van der Waals surface area (Å²) in [5.74, 6) is 0.941. The van der Waals surface area contributed by atoms with Crippen LogP contribution >= 0.6 is 0 Å². The van der Waals surface area contributed by atoms with Crippen molar-refractivity contribution >= 4 is 5.91 Å². The number of nitrogens with zero attached hydrogens (tertiary/aromatic N) is 2. The molecule has 5 heteroatoms. The van der Waals surface area contributed by atoms with Crippen LogP contribution in [0.15, 0.2) is 18.2 Å². The zero-order chi connectivity index (χ0) is 15.2. The maximum atomic E-state index is 12.2. The number of piperidine rings is 1. The summed E-state index contributed by atoms with van der Waals surface area (Å²) >= 11 is 0. The van der Waals surface area contributed by atoms with Gasteiger partial charge in [0.1, 0.15) is 0 Å². The number of benzene rings is 1. The molecule has 1 fully saturated rings. The van der Waals surface area contributed by atoms with Crippen LogP contribution in [0, 0.1) is 11.3 Å². The summed E-state index contributed by atoms with van der Waals surface area (Å²) in [6, 6.07) is 7.22. The van der Waals surface area contributed by atoms with Gasteiger partial charge in [0.15, 0.2) is 18.1 Å². The summed E-state index contributed by atoms with van der Waals surface area (Å²) in [5.41, 5.74) is 0.496. The van der Waals surface area contributed by atoms with Crippen molar-refractivity contribution in [1.82, 2.24) is 4.90 Å². The highest BCUT2D eigenvalue weighted by Gasteiger charge is 2.23. The largest absolute Gasteiger partial charge is 0.493 e. The smallest absolute Gasteiger partial charge is 0.260 e. The zero-order valence-corrected chi connectivity index (χ0v) is 12.5. The first kappa shape index (κ1) is 15.2. The highest BCUT2D eigenvalue weighted by Crippen LogP contribution is 2.28. The number of nitriles is 1. The molecule has 1 aromatic carbocycles. The number of methoxy groups -OCH3 is 1. The molecule has 1 unspecified atom stereocenters. The lowest BCUT2D eigenvalue weighted by molar-refractivity contribution is -0.136. The molecule has 21 heavy (non-hydrogen) atoms. The van der Waals surface area contributed by atoms with Gasteiger partial charge in [0.05, 0.1) is 18.7 Å². The quantitative estimate of drug-likeness (QED) is 0.853. The minimum absolute atomic E-state index is 0.00591. The molecule has 0 radical (unpaired) electrons. The molecule has 1 aliphatic rings. The van der Waals surface area contributed by atoms with Crippen molar-refractivity contribution in [3.8, 4) is 17.6 Å². The van der Waals surface area contributed by atoms with E-state index in [0.717, 1.165) is 19.4 Å². The van der Waals surface area contributed by atoms with Crippen LogP contribution in [0.4, 0.5) is 0 Å². The monoisotopic (exact) mass is 288 g/mol. The molecule has 0 saturated carbocycles. The highest BCUT2D eigenvalue weighted by atomic mass is 16.5. The number of likely N-dealkylation sites (tertiary alicyclic amines) is 1. The van der Waals surface area contributed by atoms with Crippen molar-refractivity contribution in [3.05, 3.63) is 23.8 Å². The van der Waals surface area contributed by atoms with Gasteiger partial charge in [-0.1, -0.05) is 0 Å². The van der Waals surface area contributed by atoms with E-state index in [9.17, 15) is 4.79 Å². The Morgan fingerprint density at radius 1 is 1.43 bits per heavy atom. The maximum absolute atomic E-state index is 12.2. The molecule has 112 valence electrons. The minimum Gasteiger partial charge on any atom is -0.493 e. The first-order valence-electron chi connectivity index (χ1n) is 7.16. The number of hydrogen-bond donors (Lipinski definition) is 0. The van der Waals surface area contributed by atoms with Crippen LogP contribution in [-0.2, 0) is 4.79 Å². The first-order chi connectivity index (χ1) is 10.2. The van der Waals surface area contributed by atoms with Crippen LogP contribution in [-0.4, -0.2) is 37.1 Å². The predicted molar refractivity (Wildman–Crippen MR) is 78.2 cm³/mol. The third-order valence-corrected chi connectivity index (χ3v) is 3.77. The van der Waals surface area contributed by atoms with Gasteiger partial charge in [0.2, 0.25) is 0 Å². The second kappa shape index (κ2) is 6.98. The molecule has 1 saturated heterocycles. The number of rotatable bonds is 4. The van der Waals surface area contributed by atoms with Crippen molar-refractivity contribution in [2.24, 2.45) is 0 Å². The van der Waals surface area contributed by atoms with Crippen molar-refractivity contribution < 1.29 is 14.3 Å². The molecular formula is C16H20N2O3. The van der Waals surface area contributed by atoms with Crippen LogP contribution in [0.3, 0.4) is 0 Å². The second-order valence-electron chi connectivity index (χ2n) is 5.20. The van der Waals surface area contributed by atoms with Crippen molar-refractivity contribution in [2.75, 3.05) is 20.3 Å². The van der Waals surface area contributed by atoms with Crippen LogP contribution in [0.25, 0.3) is 0 Å². The number of carbonyl (C=O) groups is 1. The second-order valence-corrected chi connectivity index (χ2v) is 5.20. The Hall–Kier alpha value is -2.22. The Labute approximate surface area is 125 Å². The summed E-state index contributed by atoms with van der Waals surface area (Å²) in [6.45, 7) is 2.86. The Balaban J connectivity index is 1.99. The Kier molecular flexibility index (Phi) is 5.04. The van der Waals surface area contributed by atoms with E-state index in [0.29, 0.717) is 17.1 Å². The molecule has 1 atom stereocenters. The van der Waals surface area contributed by atoms with E-state index in [1.807, 2.05) is 11.0 Å². The lowest BCUT2D eigenvalue weighted by atomic mass is 10.0. The third kappa shape index (κ3) is 3.66. The topological polar surface area (TPSA) is 62.6 Å². The van der Waals surface area contributed by atoms with E-state index >= 15 is 0 Å². The summed E-state index contributed by atoms with van der Waals surface area (Å²) in [7, 11) is 1.51. The molecule has 2 rings (SSSR count). The van der Waals surface area contributed by atoms with Crippen LogP contribution in [0.1, 0.15) is 31.7 Å². The average molecular weight is 288 g/mol. The molecule has 5 nitrogen and oxygen atoms in total. The van der Waals surface area contributed by atoms with Gasteiger partial charge >= 0.3 is 0 Å². The number of carbonyl (C=O) groups excluding carboxylic acids is 1. The molecule has 0 aliphatic carbocycles. The van der Waals surface area contributed by atoms with Gasteiger partial charge in [-0.2, -0.15) is 5.26 Å². The summed E-state index contributed by atoms with van der Waals surface area (Å²) in [6.07, 6.45) is 3.28. The van der Waals surface area contributed by atoms with Crippen LogP contribution in [0.5, 0.6) is 11.5 Å². The molecule has 1 heterocycles. The van der Waals surface area contributed by atoms with Crippen molar-refractivity contribution in [2.45, 2.75) is 32.2 Å². The molecule has 0 N–H and O–H groups in total. The molecular weight excluding hydrogens is 268 g/mol. The molecule has 1 aliphatic heterocycles. The van der Waals surface area contributed by atoms with E-state index in [4.69, 9.17) is 14.7 Å². The molecule has 0 aromatic heterocycles. The first-order valence-corrected chi connectivity index (χ1v) is 7.16. The number of hydrogen-bond acceptors (Lipinski definition) is 4. The number of amides is 1. The van der Waals surface area contributed by atoms with E-state index in [1.165, 1.54) is 13.5 Å². The SMILES string of the molecule is COc1cc(C#N)ccc1OCC(=O)N1CCCCC1C. The lowest BCUT2D eigenvalue weighted by Gasteiger charge is -2.33. The van der Waals surface area contributed by atoms with Gasteiger partial charge in [-0.15, -0.1) is 0 Å². The van der Waals surface area contributed by atoms with Gasteiger partial charge in [-0.25, -0.2) is 0 Å². The van der Waals surface area contributed by atoms with Crippen molar-refractivity contribution in [3.63, 3.8) is 0 Å². The average Bonchev–Trinajstić information content (AvgIpc) is 2.52. The van der Waals surface area contributed by atoms with Gasteiger partial charge < -0.3 is 14.4 Å². The normalized spacial score (nSPS) is 18.0. The van der Waals surface area contributed by atoms with Crippen LogP contribution < -0.4 is 9.47 Å². The predicted octanol–water partition coefficient (Wildman–Crippen LogP) is 2.35. The highest BCUT2D eigenvalue weighted by molar-refractivity contribution is 5.78. The minimum atomic E-state index is -0.00734. The molecule has 1 amide bonds. The molecule has 0 bridgehead atoms. The molecule has 0 spiro atoms. The molecule has 1 aromatic rings. The fraction of sp³-hybridized carbons (Fsp3) is 0.500. The van der Waals surface area contributed by atoms with E-state index in [2.05, 4.69) is 6.92 Å². The van der Waals surface area contributed by atoms with Crippen molar-refractivity contribution in [1.29, 1.82) is 5.26 Å². The fourth-order valence-corrected chi connectivity index (χ4v) is 2.55. The fourth-order valence-electron chi connectivity index (χ4n) is 2.55. The third-order valence-electron chi connectivity index (χ3n) is 3.77. The van der Waals surface area contributed by atoms with E-state index in [-0.39, 0.29) is 18.6 Å². The summed E-state index contributed by atoms with van der Waals surface area (Å²) < 4.78 is 10.8. The van der Waals surface area contributed by atoms with Gasteiger partial charge in [0, 0.05) is 18.7 Å². The Morgan fingerprint density at radius 2 is 2.24 bits per heavy atom. The summed E-state index contributed by atoms with van der Waals surface area (Å²) in [5, 5.41) is 8.86. The number of ether oxygens (including phenoxy) is 2. The lowest BCUT2D eigenvalue weighted by Crippen LogP contribution is -2.44. The zero-order valence-electron chi connectivity index (χ0n) is 12.5. The Morgan fingerprint density at radius 3 is 2.90 bits per heavy atom. The summed E-state index contributed by atoms with van der Waals surface area (Å²) in [4.78, 5) is 14.1.